The van der Waals surface area contributed by atoms with E-state index in [0.717, 1.165) is 24.5 Å². The molecule has 1 spiro atoms. The number of aryl methyl sites for hydroxylation is 1. The highest BCUT2D eigenvalue weighted by Crippen LogP contribution is 2.41. The second kappa shape index (κ2) is 6.19. The van der Waals surface area contributed by atoms with Gasteiger partial charge in [-0.3, -0.25) is 9.97 Å². The molecule has 20 heavy (non-hydrogen) atoms. The van der Waals surface area contributed by atoms with E-state index >= 15 is 0 Å². The van der Waals surface area contributed by atoms with Crippen molar-refractivity contribution in [1.29, 1.82) is 0 Å². The van der Waals surface area contributed by atoms with Crippen LogP contribution in [0.2, 0.25) is 0 Å². The van der Waals surface area contributed by atoms with Gasteiger partial charge in [-0.1, -0.05) is 19.3 Å². The van der Waals surface area contributed by atoms with E-state index in [1.165, 1.54) is 44.9 Å². The van der Waals surface area contributed by atoms with Gasteiger partial charge in [0.1, 0.15) is 0 Å². The van der Waals surface area contributed by atoms with Crippen LogP contribution < -0.4 is 5.32 Å². The maximum Gasteiger partial charge on any atom is 0.0724 e. The Bertz CT molecular complexity index is 426. The molecule has 1 aliphatic carbocycles. The summed E-state index contributed by atoms with van der Waals surface area (Å²) in [6.45, 7) is 3.66. The Morgan fingerprint density at radius 3 is 2.80 bits per heavy atom. The van der Waals surface area contributed by atoms with E-state index in [-0.39, 0.29) is 5.60 Å². The molecule has 1 saturated heterocycles. The van der Waals surface area contributed by atoms with E-state index in [2.05, 4.69) is 15.3 Å². The van der Waals surface area contributed by atoms with Gasteiger partial charge < -0.3 is 10.1 Å². The maximum absolute atomic E-state index is 6.35. The molecule has 1 atom stereocenters. The molecule has 0 amide bonds. The van der Waals surface area contributed by atoms with Crippen LogP contribution in [0.1, 0.15) is 56.3 Å². The second-order valence-corrected chi connectivity index (χ2v) is 6.30. The molecule has 110 valence electrons. The van der Waals surface area contributed by atoms with Gasteiger partial charge in [-0.25, -0.2) is 0 Å². The van der Waals surface area contributed by atoms with Gasteiger partial charge in [-0.15, -0.1) is 0 Å². The van der Waals surface area contributed by atoms with Crippen molar-refractivity contribution < 1.29 is 4.74 Å². The van der Waals surface area contributed by atoms with E-state index in [1.807, 2.05) is 19.3 Å². The summed E-state index contributed by atoms with van der Waals surface area (Å²) in [6.07, 6.45) is 13.1. The quantitative estimate of drug-likeness (QED) is 0.918. The number of ether oxygens (including phenoxy) is 1. The zero-order valence-corrected chi connectivity index (χ0v) is 12.4. The number of hydrogen-bond donors (Lipinski definition) is 1. The van der Waals surface area contributed by atoms with Gasteiger partial charge in [0.05, 0.1) is 23.1 Å². The zero-order chi connectivity index (χ0) is 13.8. The van der Waals surface area contributed by atoms with Gasteiger partial charge >= 0.3 is 0 Å². The predicted octanol–water partition coefficient (Wildman–Crippen LogP) is 2.76. The molecule has 0 radical (unpaired) electrons. The van der Waals surface area contributed by atoms with Crippen LogP contribution in [0.25, 0.3) is 0 Å². The van der Waals surface area contributed by atoms with E-state index in [0.29, 0.717) is 6.10 Å². The van der Waals surface area contributed by atoms with Crippen LogP contribution in [0.15, 0.2) is 12.4 Å². The largest absolute Gasteiger partial charge is 0.370 e. The molecule has 2 heterocycles. The fourth-order valence-corrected chi connectivity index (χ4v) is 3.47. The van der Waals surface area contributed by atoms with Crippen LogP contribution in [0.3, 0.4) is 0 Å². The highest BCUT2D eigenvalue weighted by atomic mass is 16.5. The van der Waals surface area contributed by atoms with Gasteiger partial charge in [-0.2, -0.15) is 0 Å². The van der Waals surface area contributed by atoms with Crippen molar-refractivity contribution in [3.63, 3.8) is 0 Å². The second-order valence-electron chi connectivity index (χ2n) is 6.30. The number of hydrogen-bond acceptors (Lipinski definition) is 4. The Morgan fingerprint density at radius 2 is 2.05 bits per heavy atom. The number of nitrogens with one attached hydrogen (secondary N) is 1. The Labute approximate surface area is 121 Å². The van der Waals surface area contributed by atoms with Crippen molar-refractivity contribution in [3.8, 4) is 0 Å². The van der Waals surface area contributed by atoms with Crippen LogP contribution in [0, 0.1) is 6.92 Å². The first kappa shape index (κ1) is 14.0. The summed E-state index contributed by atoms with van der Waals surface area (Å²) in [7, 11) is 0. The zero-order valence-electron chi connectivity index (χ0n) is 12.4. The lowest BCUT2D eigenvalue weighted by molar-refractivity contribution is -0.0624. The Hall–Kier alpha value is -1.00. The van der Waals surface area contributed by atoms with E-state index in [1.54, 1.807) is 0 Å². The first-order valence-electron chi connectivity index (χ1n) is 7.92. The lowest BCUT2D eigenvalue weighted by atomic mass is 9.83. The molecule has 2 fully saturated rings. The number of aromatic nitrogens is 2. The first-order valence-corrected chi connectivity index (χ1v) is 7.92. The summed E-state index contributed by atoms with van der Waals surface area (Å²) < 4.78 is 6.35. The number of rotatable bonds is 4. The molecular formula is C16H25N3O. The average Bonchev–Trinajstić information content (AvgIpc) is 2.85. The fourth-order valence-electron chi connectivity index (χ4n) is 3.47. The molecule has 3 rings (SSSR count). The van der Waals surface area contributed by atoms with Gasteiger partial charge in [0.15, 0.2) is 0 Å². The lowest BCUT2D eigenvalue weighted by Crippen LogP contribution is -2.34. The van der Waals surface area contributed by atoms with E-state index in [9.17, 15) is 0 Å². The molecule has 1 aromatic heterocycles. The minimum absolute atomic E-state index is 0.230. The highest BCUT2D eigenvalue weighted by molar-refractivity contribution is 5.00. The molecular weight excluding hydrogens is 250 g/mol. The average molecular weight is 275 g/mol. The van der Waals surface area contributed by atoms with Gasteiger partial charge in [0.2, 0.25) is 0 Å². The first-order chi connectivity index (χ1) is 9.76. The SMILES string of the molecule is Cc1cnc(CNCC2CCC3(CCCCC3)O2)cn1. The smallest absolute Gasteiger partial charge is 0.0724 e. The van der Waals surface area contributed by atoms with Crippen LogP contribution in [-0.2, 0) is 11.3 Å². The molecule has 1 saturated carbocycles. The lowest BCUT2D eigenvalue weighted by Gasteiger charge is -2.33. The van der Waals surface area contributed by atoms with Crippen LogP contribution in [-0.4, -0.2) is 28.2 Å². The van der Waals surface area contributed by atoms with Gasteiger partial charge in [-0.05, 0) is 32.6 Å². The fraction of sp³-hybridized carbons (Fsp3) is 0.750. The topological polar surface area (TPSA) is 47.0 Å². The summed E-state index contributed by atoms with van der Waals surface area (Å²) in [6, 6.07) is 0. The Morgan fingerprint density at radius 1 is 1.20 bits per heavy atom. The van der Waals surface area contributed by atoms with Crippen molar-refractivity contribution in [3.05, 3.63) is 23.8 Å². The summed E-state index contributed by atoms with van der Waals surface area (Å²) in [4.78, 5) is 8.62. The van der Waals surface area contributed by atoms with Crippen molar-refractivity contribution in [2.45, 2.75) is 70.1 Å². The summed E-state index contributed by atoms with van der Waals surface area (Å²) in [5, 5.41) is 3.46. The highest BCUT2D eigenvalue weighted by Gasteiger charge is 2.40. The van der Waals surface area contributed by atoms with Crippen molar-refractivity contribution in [2.24, 2.45) is 0 Å². The monoisotopic (exact) mass is 275 g/mol. The molecule has 1 aliphatic heterocycles. The van der Waals surface area contributed by atoms with E-state index in [4.69, 9.17) is 4.74 Å². The van der Waals surface area contributed by atoms with Crippen LogP contribution in [0.4, 0.5) is 0 Å². The molecule has 0 aromatic carbocycles. The summed E-state index contributed by atoms with van der Waals surface area (Å²) in [5.41, 5.74) is 2.20. The van der Waals surface area contributed by atoms with E-state index < -0.39 is 0 Å². The van der Waals surface area contributed by atoms with Crippen molar-refractivity contribution in [2.75, 3.05) is 6.54 Å². The standard InChI is InChI=1S/C16H25N3O/c1-13-9-19-14(11-18-13)10-17-12-15-5-8-16(20-15)6-3-2-4-7-16/h9,11,15,17H,2-8,10,12H2,1H3. The third-order valence-electron chi connectivity index (χ3n) is 4.62. The van der Waals surface area contributed by atoms with Crippen LogP contribution in [0.5, 0.6) is 0 Å². The van der Waals surface area contributed by atoms with Crippen molar-refractivity contribution in [1.82, 2.24) is 15.3 Å². The molecule has 0 bridgehead atoms. The normalized spacial score (nSPS) is 25.1. The molecule has 1 aromatic rings. The molecule has 1 N–H and O–H groups in total. The van der Waals surface area contributed by atoms with Gasteiger partial charge in [0.25, 0.3) is 0 Å². The summed E-state index contributed by atoms with van der Waals surface area (Å²) >= 11 is 0. The Balaban J connectivity index is 1.42. The van der Waals surface area contributed by atoms with Gasteiger partial charge in [0, 0.05) is 25.5 Å². The third kappa shape index (κ3) is 3.36. The van der Waals surface area contributed by atoms with Crippen LogP contribution >= 0.6 is 0 Å². The molecule has 4 heteroatoms. The molecule has 1 unspecified atom stereocenters. The number of nitrogens with zero attached hydrogens (tertiary/aromatic N) is 2. The minimum atomic E-state index is 0.230. The third-order valence-corrected chi connectivity index (χ3v) is 4.62. The van der Waals surface area contributed by atoms with Crippen molar-refractivity contribution >= 4 is 0 Å². The predicted molar refractivity (Wildman–Crippen MR) is 78.4 cm³/mol. The molecule has 2 aliphatic rings. The molecule has 4 nitrogen and oxygen atoms in total. The minimum Gasteiger partial charge on any atom is -0.370 e. The maximum atomic E-state index is 6.35. The summed E-state index contributed by atoms with van der Waals surface area (Å²) in [5.74, 6) is 0. The Kier molecular flexibility index (Phi) is 4.32.